The molecule has 4 nitrogen and oxygen atoms in total. The molecule has 0 heterocycles. The minimum atomic E-state index is -0.0658. The largest absolute Gasteiger partial charge is 0.399 e. The summed E-state index contributed by atoms with van der Waals surface area (Å²) in [4.78, 5) is 17.2. The van der Waals surface area contributed by atoms with Crippen molar-refractivity contribution in [1.82, 2.24) is 4.90 Å². The number of anilines is 2. The minimum Gasteiger partial charge on any atom is -0.399 e. The molecule has 0 aromatic heterocycles. The van der Waals surface area contributed by atoms with Gasteiger partial charge < -0.3 is 15.5 Å². The smallest absolute Gasteiger partial charge is 0.255 e. The number of carbonyl (C=O) groups is 1. The molecule has 2 N–H and O–H groups in total. The van der Waals surface area contributed by atoms with Crippen LogP contribution in [-0.4, -0.2) is 30.9 Å². The van der Waals surface area contributed by atoms with Crippen LogP contribution in [0.4, 0.5) is 11.4 Å². The van der Waals surface area contributed by atoms with Gasteiger partial charge in [0.1, 0.15) is 0 Å². The van der Waals surface area contributed by atoms with Crippen LogP contribution in [0.3, 0.4) is 0 Å². The van der Waals surface area contributed by atoms with Gasteiger partial charge in [-0.05, 0) is 48.7 Å². The summed E-state index contributed by atoms with van der Waals surface area (Å²) < 4.78 is 0. The molecule has 1 amide bonds. The maximum atomic E-state index is 13.3. The van der Waals surface area contributed by atoms with Gasteiger partial charge in [0.25, 0.3) is 5.91 Å². The maximum absolute atomic E-state index is 13.3. The van der Waals surface area contributed by atoms with E-state index in [9.17, 15) is 4.79 Å². The van der Waals surface area contributed by atoms with Crippen molar-refractivity contribution in [3.05, 3.63) is 58.6 Å². The van der Waals surface area contributed by atoms with E-state index in [0.717, 1.165) is 11.3 Å². The van der Waals surface area contributed by atoms with Crippen LogP contribution in [0.1, 0.15) is 36.7 Å². The first-order valence-corrected chi connectivity index (χ1v) is 9.21. The number of nitrogen functional groups attached to an aromatic ring is 1. The van der Waals surface area contributed by atoms with Crippen LogP contribution in [0, 0.1) is 5.92 Å². The number of hydrogen-bond donors (Lipinski definition) is 1. The summed E-state index contributed by atoms with van der Waals surface area (Å²) in [6, 6.07) is 13.1. The Hall–Kier alpha value is -2.20. The van der Waals surface area contributed by atoms with E-state index in [-0.39, 0.29) is 11.9 Å². The number of amides is 1. The molecule has 0 aliphatic carbocycles. The van der Waals surface area contributed by atoms with Gasteiger partial charge in [0.2, 0.25) is 0 Å². The van der Waals surface area contributed by atoms with Crippen LogP contribution < -0.4 is 10.6 Å². The molecule has 0 aliphatic heterocycles. The summed E-state index contributed by atoms with van der Waals surface area (Å²) >= 11 is 6.28. The van der Waals surface area contributed by atoms with E-state index in [2.05, 4.69) is 20.8 Å². The average Bonchev–Trinajstić information content (AvgIpc) is 2.58. The molecular formula is C21H28ClN3O. The lowest BCUT2D eigenvalue weighted by atomic mass is 10.0. The number of nitrogens with zero attached hydrogens (tertiary/aromatic N) is 2. The lowest BCUT2D eigenvalue weighted by Crippen LogP contribution is -2.41. The van der Waals surface area contributed by atoms with Crippen LogP contribution in [-0.2, 0) is 6.54 Å². The SMILES string of the molecule is CC(C)[C@H](C)N(Cc1cc(N)ccc1N(C)C)C(=O)c1ccccc1Cl. The first kappa shape index (κ1) is 20.1. The Balaban J connectivity index is 2.46. The first-order valence-electron chi connectivity index (χ1n) is 8.83. The third kappa shape index (κ3) is 4.50. The Labute approximate surface area is 161 Å². The van der Waals surface area contributed by atoms with Crippen LogP contribution >= 0.6 is 11.6 Å². The van der Waals surface area contributed by atoms with E-state index in [1.165, 1.54) is 0 Å². The van der Waals surface area contributed by atoms with E-state index >= 15 is 0 Å². The zero-order chi connectivity index (χ0) is 19.4. The van der Waals surface area contributed by atoms with Crippen molar-refractivity contribution in [3.63, 3.8) is 0 Å². The quantitative estimate of drug-likeness (QED) is 0.748. The Morgan fingerprint density at radius 1 is 1.12 bits per heavy atom. The predicted molar refractivity (Wildman–Crippen MR) is 111 cm³/mol. The standard InChI is InChI=1S/C21H28ClN3O/c1-14(2)15(3)25(21(26)18-8-6-7-9-19(18)22)13-16-12-17(23)10-11-20(16)24(4)5/h6-12,14-15H,13,23H2,1-5H3/t15-/m0/s1. The molecule has 0 fully saturated rings. The predicted octanol–water partition coefficient (Wildman–Crippen LogP) is 4.68. The van der Waals surface area contributed by atoms with E-state index < -0.39 is 0 Å². The zero-order valence-electron chi connectivity index (χ0n) is 16.2. The Bertz CT molecular complexity index is 774. The number of halogens is 1. The molecule has 0 unspecified atom stereocenters. The minimum absolute atomic E-state index is 0.0511. The lowest BCUT2D eigenvalue weighted by molar-refractivity contribution is 0.0628. The van der Waals surface area contributed by atoms with Gasteiger partial charge in [-0.3, -0.25) is 4.79 Å². The molecule has 26 heavy (non-hydrogen) atoms. The molecule has 5 heteroatoms. The summed E-state index contributed by atoms with van der Waals surface area (Å²) in [5.41, 5.74) is 9.29. The fraction of sp³-hybridized carbons (Fsp3) is 0.381. The Morgan fingerprint density at radius 2 is 1.77 bits per heavy atom. The third-order valence-electron chi connectivity index (χ3n) is 4.75. The second-order valence-electron chi connectivity index (χ2n) is 7.18. The molecule has 0 radical (unpaired) electrons. The summed E-state index contributed by atoms with van der Waals surface area (Å²) in [5.74, 6) is 0.245. The molecule has 0 bridgehead atoms. The van der Waals surface area contributed by atoms with Crippen molar-refractivity contribution < 1.29 is 4.79 Å². The molecule has 0 spiro atoms. The maximum Gasteiger partial charge on any atom is 0.255 e. The number of hydrogen-bond acceptors (Lipinski definition) is 3. The molecule has 0 aliphatic rings. The highest BCUT2D eigenvalue weighted by molar-refractivity contribution is 6.33. The van der Waals surface area contributed by atoms with E-state index in [4.69, 9.17) is 17.3 Å². The normalized spacial score (nSPS) is 12.1. The highest BCUT2D eigenvalue weighted by Gasteiger charge is 2.26. The van der Waals surface area contributed by atoms with Crippen molar-refractivity contribution in [2.75, 3.05) is 24.7 Å². The number of carbonyl (C=O) groups excluding carboxylic acids is 1. The summed E-state index contributed by atoms with van der Waals surface area (Å²) in [6.07, 6.45) is 0. The lowest BCUT2D eigenvalue weighted by Gasteiger charge is -2.33. The number of benzene rings is 2. The van der Waals surface area contributed by atoms with E-state index in [0.29, 0.717) is 28.7 Å². The highest BCUT2D eigenvalue weighted by atomic mass is 35.5. The summed E-state index contributed by atoms with van der Waals surface area (Å²) in [6.45, 7) is 6.77. The summed E-state index contributed by atoms with van der Waals surface area (Å²) in [7, 11) is 3.97. The Kier molecular flexibility index (Phi) is 6.54. The van der Waals surface area contributed by atoms with Gasteiger partial charge in [0, 0.05) is 38.1 Å². The van der Waals surface area contributed by atoms with Crippen molar-refractivity contribution >= 4 is 28.9 Å². The number of nitrogens with two attached hydrogens (primary N) is 1. The molecule has 0 saturated carbocycles. The van der Waals surface area contributed by atoms with Crippen molar-refractivity contribution in [2.45, 2.75) is 33.4 Å². The molecule has 140 valence electrons. The topological polar surface area (TPSA) is 49.6 Å². The van der Waals surface area contributed by atoms with Gasteiger partial charge in [0.15, 0.2) is 0 Å². The van der Waals surface area contributed by atoms with Gasteiger partial charge in [0.05, 0.1) is 10.6 Å². The van der Waals surface area contributed by atoms with Gasteiger partial charge in [-0.2, -0.15) is 0 Å². The van der Waals surface area contributed by atoms with Crippen LogP contribution in [0.25, 0.3) is 0 Å². The highest BCUT2D eigenvalue weighted by Crippen LogP contribution is 2.27. The fourth-order valence-corrected chi connectivity index (χ4v) is 3.12. The van der Waals surface area contributed by atoms with Gasteiger partial charge >= 0.3 is 0 Å². The van der Waals surface area contributed by atoms with Gasteiger partial charge in [-0.1, -0.05) is 37.6 Å². The van der Waals surface area contributed by atoms with Crippen LogP contribution in [0.5, 0.6) is 0 Å². The fourth-order valence-electron chi connectivity index (χ4n) is 2.90. The average molecular weight is 374 g/mol. The van der Waals surface area contributed by atoms with Crippen molar-refractivity contribution in [3.8, 4) is 0 Å². The van der Waals surface area contributed by atoms with E-state index in [1.807, 2.05) is 54.2 Å². The molecule has 2 rings (SSSR count). The number of rotatable bonds is 6. The Morgan fingerprint density at radius 3 is 2.35 bits per heavy atom. The second kappa shape index (κ2) is 8.45. The zero-order valence-corrected chi connectivity index (χ0v) is 16.9. The van der Waals surface area contributed by atoms with Gasteiger partial charge in [-0.25, -0.2) is 0 Å². The molecule has 2 aromatic rings. The van der Waals surface area contributed by atoms with Gasteiger partial charge in [-0.15, -0.1) is 0 Å². The summed E-state index contributed by atoms with van der Waals surface area (Å²) in [5, 5.41) is 0.471. The molecule has 1 atom stereocenters. The second-order valence-corrected chi connectivity index (χ2v) is 7.59. The molecular weight excluding hydrogens is 346 g/mol. The van der Waals surface area contributed by atoms with E-state index in [1.54, 1.807) is 12.1 Å². The molecule has 0 saturated heterocycles. The van der Waals surface area contributed by atoms with Crippen molar-refractivity contribution in [2.24, 2.45) is 5.92 Å². The third-order valence-corrected chi connectivity index (χ3v) is 5.08. The monoisotopic (exact) mass is 373 g/mol. The molecule has 2 aromatic carbocycles. The first-order chi connectivity index (χ1) is 12.2. The van der Waals surface area contributed by atoms with Crippen LogP contribution in [0.15, 0.2) is 42.5 Å². The van der Waals surface area contributed by atoms with Crippen molar-refractivity contribution in [1.29, 1.82) is 0 Å². The van der Waals surface area contributed by atoms with Crippen LogP contribution in [0.2, 0.25) is 5.02 Å².